The molecule has 0 aromatic carbocycles. The molecule has 0 aromatic heterocycles. The zero-order valence-electron chi connectivity index (χ0n) is 23.4. The number of carboxylic acid groups (broad SMARTS) is 2. The molecule has 1 aliphatic rings. The van der Waals surface area contributed by atoms with E-state index < -0.39 is 11.9 Å². The summed E-state index contributed by atoms with van der Waals surface area (Å²) in [6, 6.07) is 0.157. The molecular weight excluding hydrogens is 486 g/mol. The van der Waals surface area contributed by atoms with Crippen molar-refractivity contribution in [1.82, 2.24) is 16.2 Å². The number of carboxylic acids is 2. The molecular formula is C29H53N3O6. The molecule has 2 amide bonds. The normalized spacial score (nSPS) is 17.2. The van der Waals surface area contributed by atoms with E-state index in [1.54, 1.807) is 0 Å². The van der Waals surface area contributed by atoms with Crippen molar-refractivity contribution < 1.29 is 29.4 Å². The minimum Gasteiger partial charge on any atom is -0.481 e. The van der Waals surface area contributed by atoms with Gasteiger partial charge in [0.05, 0.1) is 0 Å². The SMILES string of the molecule is O=C(O)CCCCCCCCCCCCCCCCCCC(=O)NNC1CCC(C(=O)NCC(=O)O)CC1. The first-order valence-corrected chi connectivity index (χ1v) is 15.1. The average molecular weight is 540 g/mol. The Balaban J connectivity index is 1.82. The molecule has 5 N–H and O–H groups in total. The highest BCUT2D eigenvalue weighted by Crippen LogP contribution is 2.24. The van der Waals surface area contributed by atoms with Gasteiger partial charge in [0.2, 0.25) is 11.8 Å². The lowest BCUT2D eigenvalue weighted by Gasteiger charge is -2.28. The molecule has 220 valence electrons. The van der Waals surface area contributed by atoms with Gasteiger partial charge in [-0.15, -0.1) is 0 Å². The van der Waals surface area contributed by atoms with Crippen molar-refractivity contribution >= 4 is 23.8 Å². The van der Waals surface area contributed by atoms with Crippen LogP contribution in [-0.2, 0) is 19.2 Å². The Kier molecular flexibility index (Phi) is 20.3. The fourth-order valence-corrected chi connectivity index (χ4v) is 5.09. The number of rotatable bonds is 24. The van der Waals surface area contributed by atoms with Gasteiger partial charge in [0.1, 0.15) is 6.54 Å². The molecule has 0 heterocycles. The Labute approximate surface area is 229 Å². The molecule has 9 nitrogen and oxygen atoms in total. The number of nitrogens with one attached hydrogen (secondary N) is 3. The molecule has 1 fully saturated rings. The van der Waals surface area contributed by atoms with Gasteiger partial charge in [0, 0.05) is 24.8 Å². The molecule has 0 radical (unpaired) electrons. The Hall–Kier alpha value is -2.16. The first kappa shape index (κ1) is 33.9. The number of aliphatic carboxylic acids is 2. The van der Waals surface area contributed by atoms with E-state index in [0.29, 0.717) is 25.7 Å². The van der Waals surface area contributed by atoms with Crippen LogP contribution in [0.3, 0.4) is 0 Å². The van der Waals surface area contributed by atoms with Crippen LogP contribution in [0.1, 0.15) is 141 Å². The molecule has 0 unspecified atom stereocenters. The van der Waals surface area contributed by atoms with Crippen LogP contribution in [0.4, 0.5) is 0 Å². The molecule has 1 aliphatic carbocycles. The van der Waals surface area contributed by atoms with E-state index in [0.717, 1.165) is 44.9 Å². The Morgan fingerprint density at radius 2 is 0.974 bits per heavy atom. The molecule has 9 heteroatoms. The summed E-state index contributed by atoms with van der Waals surface area (Å²) in [6.45, 7) is -0.338. The highest BCUT2D eigenvalue weighted by molar-refractivity contribution is 5.82. The third kappa shape index (κ3) is 19.9. The number of hydrogen-bond donors (Lipinski definition) is 5. The molecule has 0 saturated heterocycles. The third-order valence-corrected chi connectivity index (χ3v) is 7.47. The largest absolute Gasteiger partial charge is 0.481 e. The molecule has 0 atom stereocenters. The fraction of sp³-hybridized carbons (Fsp3) is 0.862. The summed E-state index contributed by atoms with van der Waals surface area (Å²) in [5.74, 6) is -2.04. The van der Waals surface area contributed by atoms with Crippen LogP contribution in [0.2, 0.25) is 0 Å². The van der Waals surface area contributed by atoms with Gasteiger partial charge >= 0.3 is 11.9 Å². The average Bonchev–Trinajstić information content (AvgIpc) is 2.90. The van der Waals surface area contributed by atoms with Gasteiger partial charge < -0.3 is 15.5 Å². The molecule has 0 spiro atoms. The Morgan fingerprint density at radius 3 is 1.39 bits per heavy atom. The number of amides is 2. The predicted molar refractivity (Wildman–Crippen MR) is 148 cm³/mol. The highest BCUT2D eigenvalue weighted by atomic mass is 16.4. The van der Waals surface area contributed by atoms with E-state index in [4.69, 9.17) is 10.2 Å². The number of unbranched alkanes of at least 4 members (excludes halogenated alkanes) is 15. The van der Waals surface area contributed by atoms with Gasteiger partial charge in [-0.1, -0.05) is 89.9 Å². The minimum atomic E-state index is -1.04. The monoisotopic (exact) mass is 539 g/mol. The van der Waals surface area contributed by atoms with Crippen LogP contribution in [0, 0.1) is 5.92 Å². The maximum atomic E-state index is 12.1. The molecule has 0 aromatic rings. The van der Waals surface area contributed by atoms with Gasteiger partial charge in [-0.25, -0.2) is 5.43 Å². The lowest BCUT2D eigenvalue weighted by molar-refractivity contribution is -0.139. The minimum absolute atomic E-state index is 0.0181. The lowest BCUT2D eigenvalue weighted by Crippen LogP contribution is -2.47. The second kappa shape index (κ2) is 22.8. The van der Waals surface area contributed by atoms with E-state index in [1.165, 1.54) is 70.6 Å². The number of hydrazine groups is 1. The van der Waals surface area contributed by atoms with Crippen molar-refractivity contribution in [1.29, 1.82) is 0 Å². The van der Waals surface area contributed by atoms with Crippen molar-refractivity contribution in [3.63, 3.8) is 0 Å². The molecule has 1 saturated carbocycles. The van der Waals surface area contributed by atoms with Gasteiger partial charge in [0.25, 0.3) is 0 Å². The van der Waals surface area contributed by atoms with Crippen molar-refractivity contribution in [3.8, 4) is 0 Å². The van der Waals surface area contributed by atoms with Gasteiger partial charge in [-0.3, -0.25) is 24.6 Å². The summed E-state index contributed by atoms with van der Waals surface area (Å²) in [7, 11) is 0. The lowest BCUT2D eigenvalue weighted by atomic mass is 9.86. The molecule has 0 bridgehead atoms. The van der Waals surface area contributed by atoms with Crippen LogP contribution in [0.5, 0.6) is 0 Å². The fourth-order valence-electron chi connectivity index (χ4n) is 5.09. The second-order valence-electron chi connectivity index (χ2n) is 10.9. The summed E-state index contributed by atoms with van der Waals surface area (Å²) in [4.78, 5) is 45.0. The zero-order chi connectivity index (χ0) is 27.8. The van der Waals surface area contributed by atoms with E-state index >= 15 is 0 Å². The van der Waals surface area contributed by atoms with Crippen LogP contribution in [0.25, 0.3) is 0 Å². The number of carbonyl (C=O) groups is 4. The van der Waals surface area contributed by atoms with Crippen molar-refractivity contribution in [2.24, 2.45) is 5.92 Å². The second-order valence-corrected chi connectivity index (χ2v) is 10.9. The van der Waals surface area contributed by atoms with Crippen LogP contribution >= 0.6 is 0 Å². The summed E-state index contributed by atoms with van der Waals surface area (Å²) in [5.41, 5.74) is 5.91. The molecule has 38 heavy (non-hydrogen) atoms. The van der Waals surface area contributed by atoms with E-state index in [1.807, 2.05) is 0 Å². The van der Waals surface area contributed by atoms with Crippen molar-refractivity contribution in [2.75, 3.05) is 6.54 Å². The highest BCUT2D eigenvalue weighted by Gasteiger charge is 2.26. The number of hydrogen-bond acceptors (Lipinski definition) is 5. The van der Waals surface area contributed by atoms with Crippen LogP contribution in [-0.4, -0.2) is 46.6 Å². The van der Waals surface area contributed by atoms with Crippen molar-refractivity contribution in [2.45, 2.75) is 147 Å². The summed E-state index contributed by atoms with van der Waals surface area (Å²) in [6.07, 6.45) is 22.9. The van der Waals surface area contributed by atoms with E-state index in [2.05, 4.69) is 16.2 Å². The first-order valence-electron chi connectivity index (χ1n) is 15.1. The molecule has 0 aliphatic heterocycles. The number of carbonyl (C=O) groups excluding carboxylic acids is 2. The Bertz CT molecular complexity index is 665. The van der Waals surface area contributed by atoms with E-state index in [-0.39, 0.29) is 30.3 Å². The standard InChI is InChI=1S/C29H53N3O6/c33-26(32-31-25-21-19-24(20-22-25)29(38)30-23-28(36)37)17-15-13-11-9-7-5-3-1-2-4-6-8-10-12-14-16-18-27(34)35/h24-25,31H,1-23H2,(H,30,38)(H,32,33)(H,34,35)(H,36,37). The van der Waals surface area contributed by atoms with E-state index in [9.17, 15) is 19.2 Å². The van der Waals surface area contributed by atoms with Gasteiger partial charge in [-0.05, 0) is 38.5 Å². The van der Waals surface area contributed by atoms with Crippen LogP contribution in [0.15, 0.2) is 0 Å². The summed E-state index contributed by atoms with van der Waals surface area (Å²) >= 11 is 0. The quantitative estimate of drug-likeness (QED) is 0.0807. The van der Waals surface area contributed by atoms with Gasteiger partial charge in [0.15, 0.2) is 0 Å². The predicted octanol–water partition coefficient (Wildman–Crippen LogP) is 5.47. The van der Waals surface area contributed by atoms with Crippen molar-refractivity contribution in [3.05, 3.63) is 0 Å². The van der Waals surface area contributed by atoms with Crippen LogP contribution < -0.4 is 16.2 Å². The maximum Gasteiger partial charge on any atom is 0.322 e. The Morgan fingerprint density at radius 1 is 0.553 bits per heavy atom. The first-order chi connectivity index (χ1) is 18.4. The topological polar surface area (TPSA) is 145 Å². The maximum absolute atomic E-state index is 12.1. The third-order valence-electron chi connectivity index (χ3n) is 7.47. The zero-order valence-corrected chi connectivity index (χ0v) is 23.4. The summed E-state index contributed by atoms with van der Waals surface area (Å²) < 4.78 is 0. The molecule has 1 rings (SSSR count). The smallest absolute Gasteiger partial charge is 0.322 e. The van der Waals surface area contributed by atoms with Gasteiger partial charge in [-0.2, -0.15) is 0 Å². The summed E-state index contributed by atoms with van der Waals surface area (Å²) in [5, 5.41) is 19.7.